The van der Waals surface area contributed by atoms with Gasteiger partial charge < -0.3 is 19.9 Å². The normalized spacial score (nSPS) is 14.9. The van der Waals surface area contributed by atoms with Crippen LogP contribution in [0.1, 0.15) is 30.7 Å². The van der Waals surface area contributed by atoms with E-state index in [9.17, 15) is 9.59 Å². The fraction of sp³-hybridized carbons (Fsp3) is 0.722. The first-order valence-corrected chi connectivity index (χ1v) is 9.22. The summed E-state index contributed by atoms with van der Waals surface area (Å²) < 4.78 is 7.23. The van der Waals surface area contributed by atoms with E-state index >= 15 is 0 Å². The lowest BCUT2D eigenvalue weighted by Gasteiger charge is -2.36. The summed E-state index contributed by atoms with van der Waals surface area (Å²) in [7, 11) is 3.50. The van der Waals surface area contributed by atoms with Gasteiger partial charge in [-0.2, -0.15) is 5.10 Å². The highest BCUT2D eigenvalue weighted by atomic mass is 16.5. The van der Waals surface area contributed by atoms with Crippen LogP contribution in [0.4, 0.5) is 4.79 Å². The van der Waals surface area contributed by atoms with E-state index in [2.05, 4.69) is 10.4 Å². The average molecular weight is 365 g/mol. The second-order valence-electron chi connectivity index (χ2n) is 6.96. The van der Waals surface area contributed by atoms with Gasteiger partial charge in [-0.15, -0.1) is 0 Å². The van der Waals surface area contributed by atoms with Gasteiger partial charge in [-0.1, -0.05) is 0 Å². The van der Waals surface area contributed by atoms with Crippen LogP contribution in [-0.2, 0) is 16.1 Å². The first-order valence-electron chi connectivity index (χ1n) is 9.22. The highest BCUT2D eigenvalue weighted by Gasteiger charge is 2.26. The Morgan fingerprint density at radius 2 is 2.00 bits per heavy atom. The molecule has 1 aliphatic heterocycles. The quantitative estimate of drug-likeness (QED) is 0.787. The standard InChI is InChI=1S/C18H31N5O3/c1-14-13-15(2)23(20-14)9-5-17(24)19-8-10-22(18(25)21(3)4)16-6-11-26-12-7-16/h13,16H,5-12H2,1-4H3,(H,19,24). The summed E-state index contributed by atoms with van der Waals surface area (Å²) in [5, 5.41) is 7.28. The minimum atomic E-state index is -0.0261. The molecule has 0 atom stereocenters. The Kier molecular flexibility index (Phi) is 7.44. The number of ether oxygens (including phenoxy) is 1. The van der Waals surface area contributed by atoms with Gasteiger partial charge in [0.1, 0.15) is 0 Å². The van der Waals surface area contributed by atoms with E-state index < -0.39 is 0 Å². The van der Waals surface area contributed by atoms with Crippen LogP contribution >= 0.6 is 0 Å². The molecule has 0 spiro atoms. The number of urea groups is 1. The summed E-state index contributed by atoms with van der Waals surface area (Å²) in [6.07, 6.45) is 2.05. The zero-order valence-corrected chi connectivity index (χ0v) is 16.3. The highest BCUT2D eigenvalue weighted by molar-refractivity contribution is 5.76. The lowest BCUT2D eigenvalue weighted by molar-refractivity contribution is -0.121. The van der Waals surface area contributed by atoms with Crippen LogP contribution in [0.5, 0.6) is 0 Å². The lowest BCUT2D eigenvalue weighted by Crippen LogP contribution is -2.50. The van der Waals surface area contributed by atoms with Crippen LogP contribution in [-0.4, -0.2) is 78.0 Å². The predicted octanol–water partition coefficient (Wildman–Crippen LogP) is 1.17. The van der Waals surface area contributed by atoms with Crippen molar-refractivity contribution >= 4 is 11.9 Å². The number of nitrogens with zero attached hydrogens (tertiary/aromatic N) is 4. The minimum Gasteiger partial charge on any atom is -0.381 e. The summed E-state index contributed by atoms with van der Waals surface area (Å²) >= 11 is 0. The molecule has 0 unspecified atom stereocenters. The molecule has 0 bridgehead atoms. The van der Waals surface area contributed by atoms with Gasteiger partial charge in [-0.3, -0.25) is 9.48 Å². The zero-order chi connectivity index (χ0) is 19.1. The smallest absolute Gasteiger partial charge is 0.319 e. The third kappa shape index (κ3) is 5.72. The predicted molar refractivity (Wildman–Crippen MR) is 99.0 cm³/mol. The maximum absolute atomic E-state index is 12.5. The zero-order valence-electron chi connectivity index (χ0n) is 16.3. The molecule has 0 radical (unpaired) electrons. The molecule has 1 aromatic heterocycles. The molecule has 0 aliphatic carbocycles. The Hall–Kier alpha value is -2.09. The summed E-state index contributed by atoms with van der Waals surface area (Å²) in [6.45, 7) is 6.80. The van der Waals surface area contributed by atoms with Crippen molar-refractivity contribution in [2.24, 2.45) is 0 Å². The number of aromatic nitrogens is 2. The number of amides is 3. The molecule has 3 amide bonds. The maximum atomic E-state index is 12.5. The van der Waals surface area contributed by atoms with Gasteiger partial charge in [0, 0.05) is 65.1 Å². The van der Waals surface area contributed by atoms with Crippen molar-refractivity contribution in [2.45, 2.75) is 45.7 Å². The van der Waals surface area contributed by atoms with Crippen molar-refractivity contribution < 1.29 is 14.3 Å². The van der Waals surface area contributed by atoms with Crippen molar-refractivity contribution in [3.8, 4) is 0 Å². The van der Waals surface area contributed by atoms with Crippen LogP contribution in [0.25, 0.3) is 0 Å². The van der Waals surface area contributed by atoms with E-state index in [0.717, 1.165) is 24.2 Å². The molecule has 1 N–H and O–H groups in total. The third-order valence-electron chi connectivity index (χ3n) is 4.59. The maximum Gasteiger partial charge on any atom is 0.319 e. The number of carbonyl (C=O) groups is 2. The fourth-order valence-electron chi connectivity index (χ4n) is 3.20. The molecule has 26 heavy (non-hydrogen) atoms. The van der Waals surface area contributed by atoms with E-state index in [4.69, 9.17) is 4.74 Å². The van der Waals surface area contributed by atoms with E-state index in [1.807, 2.05) is 29.5 Å². The lowest BCUT2D eigenvalue weighted by atomic mass is 10.1. The molecular weight excluding hydrogens is 334 g/mol. The monoisotopic (exact) mass is 365 g/mol. The minimum absolute atomic E-state index is 0.0196. The molecule has 0 aromatic carbocycles. The van der Waals surface area contributed by atoms with Gasteiger partial charge in [0.15, 0.2) is 0 Å². The van der Waals surface area contributed by atoms with Crippen LogP contribution in [0, 0.1) is 13.8 Å². The molecule has 1 saturated heterocycles. The molecule has 2 rings (SSSR count). The van der Waals surface area contributed by atoms with Crippen LogP contribution in [0.15, 0.2) is 6.07 Å². The molecule has 2 heterocycles. The highest BCUT2D eigenvalue weighted by Crippen LogP contribution is 2.15. The Morgan fingerprint density at radius 3 is 2.58 bits per heavy atom. The Morgan fingerprint density at radius 1 is 1.31 bits per heavy atom. The number of aryl methyl sites for hydroxylation is 3. The molecule has 8 nitrogen and oxygen atoms in total. The average Bonchev–Trinajstić information content (AvgIpc) is 2.94. The Labute approximate surface area is 155 Å². The molecule has 146 valence electrons. The number of rotatable bonds is 7. The summed E-state index contributed by atoms with van der Waals surface area (Å²) in [5.41, 5.74) is 2.01. The van der Waals surface area contributed by atoms with Crippen LogP contribution in [0.2, 0.25) is 0 Å². The van der Waals surface area contributed by atoms with Gasteiger partial charge >= 0.3 is 6.03 Å². The van der Waals surface area contributed by atoms with Crippen molar-refractivity contribution in [2.75, 3.05) is 40.4 Å². The molecule has 1 aliphatic rings. The Balaban J connectivity index is 1.79. The molecule has 1 fully saturated rings. The van der Waals surface area contributed by atoms with Crippen molar-refractivity contribution in [3.05, 3.63) is 17.5 Å². The van der Waals surface area contributed by atoms with Gasteiger partial charge in [0.25, 0.3) is 0 Å². The molecule has 0 saturated carbocycles. The van der Waals surface area contributed by atoms with Gasteiger partial charge in [-0.25, -0.2) is 4.79 Å². The van der Waals surface area contributed by atoms with E-state index in [0.29, 0.717) is 39.3 Å². The van der Waals surface area contributed by atoms with Gasteiger partial charge in [0.2, 0.25) is 5.91 Å². The second-order valence-corrected chi connectivity index (χ2v) is 6.96. The molecule has 1 aromatic rings. The molecule has 8 heteroatoms. The first-order chi connectivity index (χ1) is 12.4. The summed E-state index contributed by atoms with van der Waals surface area (Å²) in [6, 6.07) is 2.15. The van der Waals surface area contributed by atoms with Crippen molar-refractivity contribution in [1.82, 2.24) is 24.9 Å². The van der Waals surface area contributed by atoms with Crippen molar-refractivity contribution in [1.29, 1.82) is 0 Å². The fourth-order valence-corrected chi connectivity index (χ4v) is 3.20. The van der Waals surface area contributed by atoms with Gasteiger partial charge in [0.05, 0.1) is 5.69 Å². The number of hydrogen-bond donors (Lipinski definition) is 1. The number of carbonyl (C=O) groups excluding carboxylic acids is 2. The van der Waals surface area contributed by atoms with Crippen LogP contribution in [0.3, 0.4) is 0 Å². The number of nitrogens with one attached hydrogen (secondary N) is 1. The van der Waals surface area contributed by atoms with Crippen molar-refractivity contribution in [3.63, 3.8) is 0 Å². The summed E-state index contributed by atoms with van der Waals surface area (Å²) in [5.74, 6) is -0.0261. The van der Waals surface area contributed by atoms with E-state index in [-0.39, 0.29) is 18.0 Å². The Bertz CT molecular complexity index is 608. The van der Waals surface area contributed by atoms with E-state index in [1.165, 1.54) is 0 Å². The largest absolute Gasteiger partial charge is 0.381 e. The topological polar surface area (TPSA) is 79.7 Å². The SMILES string of the molecule is Cc1cc(C)n(CCC(=O)NCCN(C(=O)N(C)C)C2CCOCC2)n1. The van der Waals surface area contributed by atoms with E-state index in [1.54, 1.807) is 19.0 Å². The first kappa shape index (κ1) is 20.2. The van der Waals surface area contributed by atoms with Crippen LogP contribution < -0.4 is 5.32 Å². The summed E-state index contributed by atoms with van der Waals surface area (Å²) in [4.78, 5) is 28.0. The van der Waals surface area contributed by atoms with Gasteiger partial charge in [-0.05, 0) is 32.8 Å². The molecular formula is C18H31N5O3. The third-order valence-corrected chi connectivity index (χ3v) is 4.59. The second kappa shape index (κ2) is 9.56. The number of hydrogen-bond acceptors (Lipinski definition) is 4.